The van der Waals surface area contributed by atoms with Crippen LogP contribution in [-0.4, -0.2) is 38.7 Å². The molecule has 7 heteroatoms. The van der Waals surface area contributed by atoms with Crippen molar-refractivity contribution in [3.8, 4) is 0 Å². The van der Waals surface area contributed by atoms with Gasteiger partial charge in [0.05, 0.1) is 10.6 Å². The first-order valence-corrected chi connectivity index (χ1v) is 11.4. The fourth-order valence-corrected chi connectivity index (χ4v) is 6.31. The molecule has 1 aliphatic heterocycles. The van der Waals surface area contributed by atoms with Gasteiger partial charge in [-0.1, -0.05) is 17.8 Å². The lowest BCUT2D eigenvalue weighted by molar-refractivity contribution is -0.129. The van der Waals surface area contributed by atoms with Gasteiger partial charge in [0, 0.05) is 24.5 Å². The van der Waals surface area contributed by atoms with E-state index in [1.54, 1.807) is 22.0 Å². The van der Waals surface area contributed by atoms with E-state index in [4.69, 9.17) is 4.98 Å². The molecule has 4 rings (SSSR count). The zero-order valence-corrected chi connectivity index (χ0v) is 17.3. The van der Waals surface area contributed by atoms with Crippen LogP contribution in [0.15, 0.2) is 22.6 Å². The lowest BCUT2D eigenvalue weighted by atomic mass is 9.97. The number of likely N-dealkylation sites (tertiary alicyclic amines) is 1. The Hall–Kier alpha value is -1.60. The number of thioether (sulfide) groups is 1. The third kappa shape index (κ3) is 3.47. The summed E-state index contributed by atoms with van der Waals surface area (Å²) >= 11 is 3.06. The number of aromatic nitrogens is 2. The summed E-state index contributed by atoms with van der Waals surface area (Å²) in [5.41, 5.74) is 1.22. The maximum atomic E-state index is 13.3. The normalized spacial score (nSPS) is 17.9. The van der Waals surface area contributed by atoms with Crippen LogP contribution in [0.25, 0.3) is 10.2 Å². The van der Waals surface area contributed by atoms with E-state index in [1.165, 1.54) is 28.6 Å². The van der Waals surface area contributed by atoms with Crippen LogP contribution in [0.2, 0.25) is 0 Å². The molecule has 1 fully saturated rings. The van der Waals surface area contributed by atoms with Crippen molar-refractivity contribution in [1.29, 1.82) is 0 Å². The first-order chi connectivity index (χ1) is 13.1. The van der Waals surface area contributed by atoms with Crippen molar-refractivity contribution in [2.75, 3.05) is 13.1 Å². The van der Waals surface area contributed by atoms with E-state index in [1.807, 2.05) is 11.8 Å². The molecule has 0 bridgehead atoms. The van der Waals surface area contributed by atoms with Crippen molar-refractivity contribution in [2.24, 2.45) is 0 Å². The van der Waals surface area contributed by atoms with Crippen molar-refractivity contribution < 1.29 is 4.79 Å². The van der Waals surface area contributed by atoms with E-state index in [2.05, 4.69) is 6.58 Å². The summed E-state index contributed by atoms with van der Waals surface area (Å²) in [5.74, 6) is 0.141. The molecule has 0 radical (unpaired) electrons. The molecule has 1 atom stereocenters. The molecule has 0 aromatic carbocycles. The second-order valence-electron chi connectivity index (χ2n) is 7.28. The van der Waals surface area contributed by atoms with Crippen LogP contribution in [0, 0.1) is 0 Å². The molecular formula is C20H25N3O2S2. The number of fused-ring (bicyclic) bond motifs is 3. The number of hydrogen-bond donors (Lipinski definition) is 0. The molecule has 2 aromatic heterocycles. The average molecular weight is 404 g/mol. The van der Waals surface area contributed by atoms with Gasteiger partial charge in [-0.2, -0.15) is 0 Å². The summed E-state index contributed by atoms with van der Waals surface area (Å²) in [6, 6.07) is 0. The summed E-state index contributed by atoms with van der Waals surface area (Å²) in [5, 5.41) is 1.17. The highest BCUT2D eigenvalue weighted by Gasteiger charge is 2.27. The zero-order chi connectivity index (χ0) is 19.0. The van der Waals surface area contributed by atoms with Crippen LogP contribution in [0.3, 0.4) is 0 Å². The van der Waals surface area contributed by atoms with Crippen LogP contribution in [0.1, 0.15) is 43.0 Å². The quantitative estimate of drug-likeness (QED) is 0.435. The van der Waals surface area contributed by atoms with Gasteiger partial charge >= 0.3 is 0 Å². The highest BCUT2D eigenvalue weighted by molar-refractivity contribution is 8.00. The minimum Gasteiger partial charge on any atom is -0.342 e. The van der Waals surface area contributed by atoms with Crippen LogP contribution in [0.5, 0.6) is 0 Å². The lowest BCUT2D eigenvalue weighted by Gasteiger charge is -2.20. The summed E-state index contributed by atoms with van der Waals surface area (Å²) < 4.78 is 1.69. The number of aryl methyl sites for hydroxylation is 2. The van der Waals surface area contributed by atoms with E-state index >= 15 is 0 Å². The molecular weight excluding hydrogens is 378 g/mol. The molecule has 0 saturated carbocycles. The number of carbonyl (C=O) groups excluding carboxylic acids is 1. The number of hydrogen-bond acceptors (Lipinski definition) is 5. The number of rotatable bonds is 5. The molecule has 1 saturated heterocycles. The van der Waals surface area contributed by atoms with E-state index in [-0.39, 0.29) is 16.7 Å². The maximum Gasteiger partial charge on any atom is 0.263 e. The highest BCUT2D eigenvalue weighted by atomic mass is 32.2. The predicted molar refractivity (Wildman–Crippen MR) is 112 cm³/mol. The van der Waals surface area contributed by atoms with Gasteiger partial charge in [0.25, 0.3) is 5.56 Å². The Kier molecular flexibility index (Phi) is 5.41. The number of nitrogens with zero attached hydrogens (tertiary/aromatic N) is 3. The van der Waals surface area contributed by atoms with Crippen LogP contribution in [-0.2, 0) is 24.2 Å². The second-order valence-corrected chi connectivity index (χ2v) is 9.67. The Balaban J connectivity index is 1.72. The lowest BCUT2D eigenvalue weighted by Crippen LogP contribution is -2.34. The van der Waals surface area contributed by atoms with Crippen LogP contribution in [0.4, 0.5) is 0 Å². The standard InChI is InChI=1S/C20H25N3O2S2/c1-3-10-23-19(25)16-14-8-4-5-9-15(14)27-17(16)21-20(23)26-13(2)18(24)22-11-6-7-12-22/h3,13H,1,4-12H2,2H3/t13-/m0/s1. The molecule has 27 heavy (non-hydrogen) atoms. The topological polar surface area (TPSA) is 55.2 Å². The molecule has 3 heterocycles. The van der Waals surface area contributed by atoms with Crippen molar-refractivity contribution in [2.45, 2.75) is 62.4 Å². The molecule has 1 amide bonds. The molecule has 2 aromatic rings. The minimum absolute atomic E-state index is 0.0163. The van der Waals surface area contributed by atoms with Crippen molar-refractivity contribution in [3.05, 3.63) is 33.4 Å². The molecule has 144 valence electrons. The third-order valence-electron chi connectivity index (χ3n) is 5.40. The molecule has 0 N–H and O–H groups in total. The van der Waals surface area contributed by atoms with E-state index in [0.717, 1.165) is 55.4 Å². The summed E-state index contributed by atoms with van der Waals surface area (Å²) in [4.78, 5) is 34.9. The Morgan fingerprint density at radius 3 is 2.78 bits per heavy atom. The Morgan fingerprint density at radius 2 is 2.04 bits per heavy atom. The number of carbonyl (C=O) groups is 1. The summed E-state index contributed by atoms with van der Waals surface area (Å²) in [6.07, 6.45) is 8.22. The van der Waals surface area contributed by atoms with E-state index < -0.39 is 0 Å². The fourth-order valence-electron chi connectivity index (χ4n) is 4.00. The number of amides is 1. The number of allylic oxidation sites excluding steroid dienone is 1. The monoisotopic (exact) mass is 403 g/mol. The van der Waals surface area contributed by atoms with Gasteiger partial charge in [-0.05, 0) is 51.0 Å². The Bertz CT molecular complexity index is 941. The van der Waals surface area contributed by atoms with Crippen molar-refractivity contribution in [3.63, 3.8) is 0 Å². The van der Waals surface area contributed by atoms with Crippen molar-refractivity contribution >= 4 is 39.2 Å². The van der Waals surface area contributed by atoms with Gasteiger partial charge in [-0.15, -0.1) is 17.9 Å². The third-order valence-corrected chi connectivity index (χ3v) is 7.66. The van der Waals surface area contributed by atoms with Crippen LogP contribution < -0.4 is 5.56 Å². The second kappa shape index (κ2) is 7.80. The fraction of sp³-hybridized carbons (Fsp3) is 0.550. The van der Waals surface area contributed by atoms with Gasteiger partial charge in [0.1, 0.15) is 4.83 Å². The van der Waals surface area contributed by atoms with Crippen LogP contribution >= 0.6 is 23.1 Å². The van der Waals surface area contributed by atoms with Gasteiger partial charge < -0.3 is 4.90 Å². The average Bonchev–Trinajstić information content (AvgIpc) is 3.31. The highest BCUT2D eigenvalue weighted by Crippen LogP contribution is 2.35. The van der Waals surface area contributed by atoms with Gasteiger partial charge in [0.2, 0.25) is 5.91 Å². The minimum atomic E-state index is -0.252. The van der Waals surface area contributed by atoms with E-state index in [9.17, 15) is 9.59 Å². The van der Waals surface area contributed by atoms with Gasteiger partial charge in [-0.25, -0.2) is 4.98 Å². The molecule has 5 nitrogen and oxygen atoms in total. The zero-order valence-electron chi connectivity index (χ0n) is 15.7. The molecule has 2 aliphatic rings. The van der Waals surface area contributed by atoms with Gasteiger partial charge in [-0.3, -0.25) is 14.2 Å². The smallest absolute Gasteiger partial charge is 0.263 e. The first-order valence-electron chi connectivity index (χ1n) is 9.71. The number of thiophene rings is 1. The van der Waals surface area contributed by atoms with E-state index in [0.29, 0.717) is 11.7 Å². The van der Waals surface area contributed by atoms with Gasteiger partial charge in [0.15, 0.2) is 5.16 Å². The largest absolute Gasteiger partial charge is 0.342 e. The SMILES string of the molecule is C=CCn1c(S[C@@H](C)C(=O)N2CCCC2)nc2sc3c(c2c1=O)CCCC3. The Morgan fingerprint density at radius 1 is 1.30 bits per heavy atom. The summed E-state index contributed by atoms with van der Waals surface area (Å²) in [6.45, 7) is 7.81. The molecule has 0 unspecified atom stereocenters. The predicted octanol–water partition coefficient (Wildman–Crippen LogP) is 3.63. The molecule has 1 aliphatic carbocycles. The maximum absolute atomic E-state index is 13.3. The molecule has 0 spiro atoms. The Labute approximate surface area is 167 Å². The first kappa shape index (κ1) is 18.7. The van der Waals surface area contributed by atoms with Crippen molar-refractivity contribution in [1.82, 2.24) is 14.5 Å². The summed E-state index contributed by atoms with van der Waals surface area (Å²) in [7, 11) is 0.